The second kappa shape index (κ2) is 6.50. The first-order valence-corrected chi connectivity index (χ1v) is 9.80. The van der Waals surface area contributed by atoms with Gasteiger partial charge in [-0.3, -0.25) is 0 Å². The van der Waals surface area contributed by atoms with Crippen LogP contribution in [0.2, 0.25) is 0 Å². The van der Waals surface area contributed by atoms with Gasteiger partial charge in [0, 0.05) is 6.54 Å². The third kappa shape index (κ3) is 3.41. The van der Waals surface area contributed by atoms with E-state index in [-0.39, 0.29) is 11.4 Å². The number of thiophene rings is 1. The molecule has 2 aromatic rings. The fourth-order valence-corrected chi connectivity index (χ4v) is 4.53. The molecule has 0 saturated heterocycles. The molecule has 6 heteroatoms. The SMILES string of the molecule is O=S(=O)(NCC(O)c1ccsc1)c1ccc2c(c1)CCCC2. The minimum atomic E-state index is -3.59. The number of aliphatic hydroxyl groups is 1. The Bertz CT molecular complexity index is 739. The minimum Gasteiger partial charge on any atom is -0.387 e. The van der Waals surface area contributed by atoms with Crippen molar-refractivity contribution in [3.05, 3.63) is 51.7 Å². The topological polar surface area (TPSA) is 66.4 Å². The maximum atomic E-state index is 12.4. The molecule has 118 valence electrons. The predicted molar refractivity (Wildman–Crippen MR) is 87.6 cm³/mol. The summed E-state index contributed by atoms with van der Waals surface area (Å²) in [6.45, 7) is -0.0177. The molecule has 0 aliphatic heterocycles. The highest BCUT2D eigenvalue weighted by Gasteiger charge is 2.19. The van der Waals surface area contributed by atoms with Crippen LogP contribution in [0, 0.1) is 0 Å². The lowest BCUT2D eigenvalue weighted by Crippen LogP contribution is -2.28. The van der Waals surface area contributed by atoms with E-state index in [0.29, 0.717) is 0 Å². The molecule has 1 heterocycles. The van der Waals surface area contributed by atoms with Crippen molar-refractivity contribution < 1.29 is 13.5 Å². The van der Waals surface area contributed by atoms with Gasteiger partial charge in [-0.05, 0) is 71.3 Å². The van der Waals surface area contributed by atoms with Crippen LogP contribution in [-0.4, -0.2) is 20.1 Å². The zero-order chi connectivity index (χ0) is 15.6. The molecule has 1 unspecified atom stereocenters. The molecular weight excluding hydrogens is 318 g/mol. The Labute approximate surface area is 134 Å². The monoisotopic (exact) mass is 337 g/mol. The van der Waals surface area contributed by atoms with Crippen LogP contribution in [0.15, 0.2) is 39.9 Å². The highest BCUT2D eigenvalue weighted by Crippen LogP contribution is 2.24. The summed E-state index contributed by atoms with van der Waals surface area (Å²) in [4.78, 5) is 0.283. The summed E-state index contributed by atoms with van der Waals surface area (Å²) < 4.78 is 27.2. The Kier molecular flexibility index (Phi) is 4.63. The third-order valence-electron chi connectivity index (χ3n) is 4.02. The predicted octanol–water partition coefficient (Wildman–Crippen LogP) is 2.64. The van der Waals surface area contributed by atoms with E-state index >= 15 is 0 Å². The van der Waals surface area contributed by atoms with Gasteiger partial charge in [0.2, 0.25) is 10.0 Å². The van der Waals surface area contributed by atoms with Gasteiger partial charge in [0.05, 0.1) is 11.0 Å². The summed E-state index contributed by atoms with van der Waals surface area (Å²) in [7, 11) is -3.59. The van der Waals surface area contributed by atoms with Crippen LogP contribution in [0.25, 0.3) is 0 Å². The largest absolute Gasteiger partial charge is 0.387 e. The van der Waals surface area contributed by atoms with Gasteiger partial charge in [0.1, 0.15) is 0 Å². The van der Waals surface area contributed by atoms with Gasteiger partial charge in [-0.15, -0.1) is 0 Å². The van der Waals surface area contributed by atoms with Gasteiger partial charge in [-0.1, -0.05) is 6.07 Å². The molecular formula is C16H19NO3S2. The maximum Gasteiger partial charge on any atom is 0.240 e. The standard InChI is InChI=1S/C16H19NO3S2/c18-16(14-7-8-21-11-14)10-17-22(19,20)15-6-5-12-3-1-2-4-13(12)9-15/h5-9,11,16-18H,1-4,10H2. The van der Waals surface area contributed by atoms with Crippen LogP contribution < -0.4 is 4.72 Å². The summed E-state index contributed by atoms with van der Waals surface area (Å²) >= 11 is 1.48. The Hall–Kier alpha value is -1.21. The molecule has 1 aromatic carbocycles. The number of aryl methyl sites for hydroxylation is 2. The second-order valence-corrected chi connectivity index (χ2v) is 8.11. The average Bonchev–Trinajstić information content (AvgIpc) is 3.07. The van der Waals surface area contributed by atoms with Gasteiger partial charge in [-0.2, -0.15) is 11.3 Å². The quantitative estimate of drug-likeness (QED) is 0.881. The van der Waals surface area contributed by atoms with Crippen molar-refractivity contribution in [1.29, 1.82) is 0 Å². The van der Waals surface area contributed by atoms with E-state index in [4.69, 9.17) is 0 Å². The van der Waals surface area contributed by atoms with Crippen molar-refractivity contribution in [3.63, 3.8) is 0 Å². The molecule has 22 heavy (non-hydrogen) atoms. The van der Waals surface area contributed by atoms with Crippen LogP contribution in [0.5, 0.6) is 0 Å². The zero-order valence-electron chi connectivity index (χ0n) is 12.2. The maximum absolute atomic E-state index is 12.4. The van der Waals surface area contributed by atoms with E-state index in [1.165, 1.54) is 23.3 Å². The molecule has 3 rings (SSSR count). The van der Waals surface area contributed by atoms with Crippen molar-refractivity contribution in [2.24, 2.45) is 0 Å². The van der Waals surface area contributed by atoms with E-state index in [9.17, 15) is 13.5 Å². The first-order chi connectivity index (χ1) is 10.6. The van der Waals surface area contributed by atoms with Crippen molar-refractivity contribution in [2.75, 3.05) is 6.54 Å². The normalized spacial score (nSPS) is 16.2. The molecule has 0 saturated carbocycles. The van der Waals surface area contributed by atoms with E-state index in [0.717, 1.165) is 30.4 Å². The number of nitrogens with one attached hydrogen (secondary N) is 1. The number of benzene rings is 1. The fourth-order valence-electron chi connectivity index (χ4n) is 2.73. The summed E-state index contributed by atoms with van der Waals surface area (Å²) in [5.74, 6) is 0. The molecule has 0 fully saturated rings. The summed E-state index contributed by atoms with van der Waals surface area (Å²) in [6, 6.07) is 7.14. The van der Waals surface area contributed by atoms with Crippen molar-refractivity contribution in [2.45, 2.75) is 36.7 Å². The van der Waals surface area contributed by atoms with Gasteiger partial charge >= 0.3 is 0 Å². The number of aliphatic hydroxyl groups excluding tert-OH is 1. The summed E-state index contributed by atoms with van der Waals surface area (Å²) in [5, 5.41) is 13.7. The van der Waals surface area contributed by atoms with Gasteiger partial charge in [-0.25, -0.2) is 13.1 Å². The molecule has 0 bridgehead atoms. The number of hydrogen-bond donors (Lipinski definition) is 2. The molecule has 1 atom stereocenters. The Morgan fingerprint density at radius 3 is 2.68 bits per heavy atom. The Morgan fingerprint density at radius 2 is 1.95 bits per heavy atom. The summed E-state index contributed by atoms with van der Waals surface area (Å²) in [6.07, 6.45) is 3.43. The Balaban J connectivity index is 1.72. The smallest absolute Gasteiger partial charge is 0.240 e. The first-order valence-electron chi connectivity index (χ1n) is 7.38. The second-order valence-electron chi connectivity index (χ2n) is 5.56. The number of hydrogen-bond acceptors (Lipinski definition) is 4. The van der Waals surface area contributed by atoms with Crippen LogP contribution >= 0.6 is 11.3 Å². The number of sulfonamides is 1. The first kappa shape index (κ1) is 15.7. The number of rotatable bonds is 5. The average molecular weight is 337 g/mol. The van der Waals surface area contributed by atoms with Gasteiger partial charge in [0.15, 0.2) is 0 Å². The van der Waals surface area contributed by atoms with E-state index in [1.807, 2.05) is 16.8 Å². The van der Waals surface area contributed by atoms with Crippen LogP contribution in [0.3, 0.4) is 0 Å². The van der Waals surface area contributed by atoms with Crippen molar-refractivity contribution in [3.8, 4) is 0 Å². The van der Waals surface area contributed by atoms with E-state index in [1.54, 1.807) is 18.2 Å². The molecule has 0 radical (unpaired) electrons. The van der Waals surface area contributed by atoms with E-state index < -0.39 is 16.1 Å². The molecule has 0 amide bonds. The lowest BCUT2D eigenvalue weighted by Gasteiger charge is -2.17. The zero-order valence-corrected chi connectivity index (χ0v) is 13.8. The molecule has 1 aromatic heterocycles. The van der Waals surface area contributed by atoms with Gasteiger partial charge in [0.25, 0.3) is 0 Å². The Morgan fingerprint density at radius 1 is 1.18 bits per heavy atom. The summed E-state index contributed by atoms with van der Waals surface area (Å²) in [5.41, 5.74) is 3.12. The van der Waals surface area contributed by atoms with Crippen LogP contribution in [0.1, 0.15) is 35.6 Å². The molecule has 2 N–H and O–H groups in total. The van der Waals surface area contributed by atoms with Crippen molar-refractivity contribution >= 4 is 21.4 Å². The molecule has 1 aliphatic rings. The molecule has 0 spiro atoms. The van der Waals surface area contributed by atoms with Crippen molar-refractivity contribution in [1.82, 2.24) is 4.72 Å². The van der Waals surface area contributed by atoms with Crippen LogP contribution in [0.4, 0.5) is 0 Å². The fraction of sp³-hybridized carbons (Fsp3) is 0.375. The number of fused-ring (bicyclic) bond motifs is 1. The van der Waals surface area contributed by atoms with Gasteiger partial charge < -0.3 is 5.11 Å². The van der Waals surface area contributed by atoms with Crippen LogP contribution in [-0.2, 0) is 22.9 Å². The van der Waals surface area contributed by atoms with E-state index in [2.05, 4.69) is 4.72 Å². The molecule has 1 aliphatic carbocycles. The minimum absolute atomic E-state index is 0.0177. The molecule has 4 nitrogen and oxygen atoms in total. The highest BCUT2D eigenvalue weighted by atomic mass is 32.2. The third-order valence-corrected chi connectivity index (χ3v) is 6.15. The lowest BCUT2D eigenvalue weighted by atomic mass is 9.92. The highest BCUT2D eigenvalue weighted by molar-refractivity contribution is 7.89. The lowest BCUT2D eigenvalue weighted by molar-refractivity contribution is 0.182.